The fourth-order valence-corrected chi connectivity index (χ4v) is 5.71. The molecule has 1 amide bonds. The zero-order valence-corrected chi connectivity index (χ0v) is 22.0. The number of nitrogens with zero attached hydrogens (tertiary/aromatic N) is 3. The number of carboxylic acid groups (broad SMARTS) is 1. The Balaban J connectivity index is 1.77. The summed E-state index contributed by atoms with van der Waals surface area (Å²) in [4.78, 5) is 15.5. The number of benzene rings is 3. The molecule has 8 nitrogen and oxygen atoms in total. The normalized spacial score (nSPS) is 11.8. The van der Waals surface area contributed by atoms with E-state index in [0.29, 0.717) is 28.1 Å². The number of halogens is 3. The third-order valence-electron chi connectivity index (χ3n) is 6.34. The Morgan fingerprint density at radius 2 is 1.73 bits per heavy atom. The van der Waals surface area contributed by atoms with Crippen LogP contribution in [0.4, 0.5) is 23.7 Å². The summed E-state index contributed by atoms with van der Waals surface area (Å²) >= 11 is 0. The van der Waals surface area contributed by atoms with E-state index in [-0.39, 0.29) is 27.4 Å². The molecule has 0 saturated heterocycles. The summed E-state index contributed by atoms with van der Waals surface area (Å²) < 4.78 is 69.3. The van der Waals surface area contributed by atoms with Crippen molar-refractivity contribution in [1.29, 1.82) is 5.26 Å². The number of aryl methyl sites for hydroxylation is 1. The van der Waals surface area contributed by atoms with Crippen LogP contribution in [0.2, 0.25) is 0 Å². The van der Waals surface area contributed by atoms with Crippen molar-refractivity contribution in [1.82, 2.24) is 8.96 Å². The minimum atomic E-state index is -4.77. The lowest BCUT2D eigenvalue weighted by atomic mass is 9.99. The van der Waals surface area contributed by atoms with Crippen molar-refractivity contribution in [3.63, 3.8) is 0 Å². The summed E-state index contributed by atoms with van der Waals surface area (Å²) in [7, 11) is -4.14. The van der Waals surface area contributed by atoms with Crippen LogP contribution < -0.4 is 5.32 Å². The van der Waals surface area contributed by atoms with Gasteiger partial charge in [0.15, 0.2) is 5.65 Å². The van der Waals surface area contributed by atoms with Gasteiger partial charge in [0.1, 0.15) is 0 Å². The highest BCUT2D eigenvalue weighted by molar-refractivity contribution is 7.90. The third-order valence-corrected chi connectivity index (χ3v) is 8.00. The SMILES string of the molecule is Cc1ccc(S(=O)(=O)n2cc(-c3cccc(C#N)c3)c3cc(-c4cc(NC(=O)O)cc(C(F)(F)F)c4)cnc32)cc1. The Kier molecular flexibility index (Phi) is 6.76. The molecule has 5 aromatic rings. The van der Waals surface area contributed by atoms with Crippen molar-refractivity contribution in [3.8, 4) is 28.3 Å². The molecule has 0 aliphatic carbocycles. The number of nitriles is 1. The second-order valence-electron chi connectivity index (χ2n) is 9.17. The maximum absolute atomic E-state index is 13.7. The van der Waals surface area contributed by atoms with E-state index in [1.54, 1.807) is 36.4 Å². The standard InChI is InChI=1S/C29H19F3N4O4S/c1-17-5-7-24(8-6-17)41(39,40)36-16-26(19-4-2-3-18(9-19)14-33)25-12-21(15-34-27(25)36)20-10-22(29(30,31)32)13-23(11-20)35-28(37)38/h2-13,15-16,35H,1H3,(H,37,38). The number of pyridine rings is 1. The van der Waals surface area contributed by atoms with Crippen LogP contribution in [-0.2, 0) is 16.2 Å². The molecule has 0 radical (unpaired) electrons. The van der Waals surface area contributed by atoms with Crippen LogP contribution in [0, 0.1) is 18.3 Å². The molecule has 0 saturated carbocycles. The Morgan fingerprint density at radius 1 is 1.00 bits per heavy atom. The van der Waals surface area contributed by atoms with Crippen LogP contribution in [0.15, 0.2) is 90.1 Å². The van der Waals surface area contributed by atoms with Gasteiger partial charge in [-0.3, -0.25) is 5.32 Å². The lowest BCUT2D eigenvalue weighted by Gasteiger charge is -2.13. The molecule has 2 heterocycles. The minimum Gasteiger partial charge on any atom is -0.465 e. The van der Waals surface area contributed by atoms with Crippen LogP contribution in [-0.4, -0.2) is 28.6 Å². The van der Waals surface area contributed by atoms with Gasteiger partial charge in [-0.15, -0.1) is 0 Å². The topological polar surface area (TPSA) is 125 Å². The molecule has 0 aliphatic rings. The molecule has 0 unspecified atom stereocenters. The minimum absolute atomic E-state index is 0.00356. The third kappa shape index (κ3) is 5.35. The predicted molar refractivity (Wildman–Crippen MR) is 146 cm³/mol. The van der Waals surface area contributed by atoms with Gasteiger partial charge in [-0.1, -0.05) is 29.8 Å². The smallest absolute Gasteiger partial charge is 0.416 e. The summed E-state index contributed by atoms with van der Waals surface area (Å²) in [6, 6.07) is 18.9. The maximum Gasteiger partial charge on any atom is 0.416 e. The molecule has 41 heavy (non-hydrogen) atoms. The van der Waals surface area contributed by atoms with Crippen molar-refractivity contribution in [2.75, 3.05) is 5.32 Å². The molecule has 206 valence electrons. The van der Waals surface area contributed by atoms with E-state index in [1.807, 2.05) is 18.3 Å². The first-order valence-corrected chi connectivity index (χ1v) is 13.4. The quantitative estimate of drug-likeness (QED) is 0.235. The first-order valence-electron chi connectivity index (χ1n) is 11.9. The Bertz CT molecular complexity index is 1980. The Hall–Kier alpha value is -5.15. The van der Waals surface area contributed by atoms with Gasteiger partial charge < -0.3 is 5.11 Å². The number of amides is 1. The summed E-state index contributed by atoms with van der Waals surface area (Å²) in [6.45, 7) is 1.82. The predicted octanol–water partition coefficient (Wildman–Crippen LogP) is 6.90. The van der Waals surface area contributed by atoms with E-state index in [0.717, 1.165) is 15.6 Å². The molecule has 5 rings (SSSR count). The van der Waals surface area contributed by atoms with E-state index >= 15 is 0 Å². The van der Waals surface area contributed by atoms with Gasteiger partial charge in [-0.05, 0) is 66.6 Å². The lowest BCUT2D eigenvalue weighted by Crippen LogP contribution is -2.12. The van der Waals surface area contributed by atoms with E-state index in [1.165, 1.54) is 36.7 Å². The maximum atomic E-state index is 13.7. The first-order chi connectivity index (χ1) is 19.4. The van der Waals surface area contributed by atoms with Crippen molar-refractivity contribution in [2.24, 2.45) is 0 Å². The van der Waals surface area contributed by atoms with Crippen molar-refractivity contribution in [3.05, 3.63) is 102 Å². The van der Waals surface area contributed by atoms with Gasteiger partial charge in [-0.2, -0.15) is 18.4 Å². The van der Waals surface area contributed by atoms with Gasteiger partial charge in [0, 0.05) is 34.6 Å². The number of alkyl halides is 3. The number of hydrogen-bond donors (Lipinski definition) is 2. The highest BCUT2D eigenvalue weighted by Gasteiger charge is 2.32. The average molecular weight is 577 g/mol. The Morgan fingerprint density at radius 3 is 2.39 bits per heavy atom. The van der Waals surface area contributed by atoms with Gasteiger partial charge in [-0.25, -0.2) is 22.2 Å². The van der Waals surface area contributed by atoms with Crippen molar-refractivity contribution >= 4 is 32.8 Å². The van der Waals surface area contributed by atoms with Crippen LogP contribution in [0.25, 0.3) is 33.3 Å². The van der Waals surface area contributed by atoms with Gasteiger partial charge in [0.2, 0.25) is 0 Å². The number of nitrogens with one attached hydrogen (secondary N) is 1. The first kappa shape index (κ1) is 27.4. The molecule has 0 bridgehead atoms. The molecule has 3 aromatic carbocycles. The van der Waals surface area contributed by atoms with Gasteiger partial charge in [0.05, 0.1) is 22.1 Å². The summed E-state index contributed by atoms with van der Waals surface area (Å²) in [5.41, 5.74) is 0.851. The molecule has 0 aliphatic heterocycles. The summed E-state index contributed by atoms with van der Waals surface area (Å²) in [5.74, 6) is 0. The summed E-state index contributed by atoms with van der Waals surface area (Å²) in [6.07, 6.45) is -3.73. The largest absolute Gasteiger partial charge is 0.465 e. The molecular formula is C29H19F3N4O4S. The van der Waals surface area contributed by atoms with E-state index in [4.69, 9.17) is 5.11 Å². The van der Waals surface area contributed by atoms with Gasteiger partial charge >= 0.3 is 12.3 Å². The highest BCUT2D eigenvalue weighted by Crippen LogP contribution is 2.38. The van der Waals surface area contributed by atoms with Crippen LogP contribution >= 0.6 is 0 Å². The fourth-order valence-electron chi connectivity index (χ4n) is 4.38. The zero-order valence-electron chi connectivity index (χ0n) is 21.1. The van der Waals surface area contributed by atoms with Crippen LogP contribution in [0.1, 0.15) is 16.7 Å². The number of fused-ring (bicyclic) bond motifs is 1. The zero-order chi connectivity index (χ0) is 29.5. The molecule has 2 N–H and O–H groups in total. The molecule has 12 heteroatoms. The van der Waals surface area contributed by atoms with Crippen molar-refractivity contribution in [2.45, 2.75) is 18.0 Å². The number of carbonyl (C=O) groups is 1. The molecular weight excluding hydrogens is 557 g/mol. The van der Waals surface area contributed by atoms with Crippen LogP contribution in [0.5, 0.6) is 0 Å². The summed E-state index contributed by atoms with van der Waals surface area (Å²) in [5, 5.41) is 20.7. The van der Waals surface area contributed by atoms with Crippen molar-refractivity contribution < 1.29 is 31.5 Å². The monoisotopic (exact) mass is 576 g/mol. The Labute approximate surface area is 232 Å². The number of anilines is 1. The number of rotatable bonds is 5. The molecule has 0 atom stereocenters. The average Bonchev–Trinajstić information content (AvgIpc) is 3.32. The van der Waals surface area contributed by atoms with Crippen LogP contribution in [0.3, 0.4) is 0 Å². The second kappa shape index (κ2) is 10.1. The van der Waals surface area contributed by atoms with E-state index in [2.05, 4.69) is 4.98 Å². The molecule has 0 spiro atoms. The number of hydrogen-bond acceptors (Lipinski definition) is 5. The molecule has 2 aromatic heterocycles. The van der Waals surface area contributed by atoms with E-state index in [9.17, 15) is 31.6 Å². The lowest BCUT2D eigenvalue weighted by molar-refractivity contribution is -0.137. The second-order valence-corrected chi connectivity index (χ2v) is 11.0. The van der Waals surface area contributed by atoms with E-state index < -0.39 is 27.9 Å². The number of aromatic nitrogens is 2. The molecule has 0 fully saturated rings. The van der Waals surface area contributed by atoms with Gasteiger partial charge in [0.25, 0.3) is 10.0 Å². The highest BCUT2D eigenvalue weighted by atomic mass is 32.2. The fraction of sp³-hybridized carbons (Fsp3) is 0.0690.